The van der Waals surface area contributed by atoms with Crippen molar-refractivity contribution >= 4 is 5.96 Å². The molecular formula is C21H41N5O. The number of nitrogens with zero attached hydrogens (tertiary/aromatic N) is 3. The van der Waals surface area contributed by atoms with Gasteiger partial charge in [0.1, 0.15) is 5.76 Å². The van der Waals surface area contributed by atoms with Gasteiger partial charge in [0, 0.05) is 19.6 Å². The maximum atomic E-state index is 5.68. The Morgan fingerprint density at radius 2 is 1.85 bits per heavy atom. The fraction of sp³-hybridized carbons (Fsp3) is 0.762. The van der Waals surface area contributed by atoms with Gasteiger partial charge in [-0.05, 0) is 64.6 Å². The van der Waals surface area contributed by atoms with Crippen molar-refractivity contribution in [2.24, 2.45) is 4.99 Å². The van der Waals surface area contributed by atoms with E-state index in [0.29, 0.717) is 6.04 Å². The van der Waals surface area contributed by atoms with E-state index < -0.39 is 0 Å². The van der Waals surface area contributed by atoms with Gasteiger partial charge in [-0.15, -0.1) is 0 Å². The minimum Gasteiger partial charge on any atom is -0.468 e. The summed E-state index contributed by atoms with van der Waals surface area (Å²) < 4.78 is 5.68. The third-order valence-electron chi connectivity index (χ3n) is 5.20. The van der Waals surface area contributed by atoms with E-state index in [1.165, 1.54) is 6.42 Å². The number of aliphatic imine (C=N–C) groups is 1. The Bertz CT molecular complexity index is 495. The Hall–Kier alpha value is -1.53. The van der Waals surface area contributed by atoms with E-state index in [0.717, 1.165) is 57.4 Å². The second-order valence-electron chi connectivity index (χ2n) is 6.92. The van der Waals surface area contributed by atoms with Crippen molar-refractivity contribution in [2.75, 3.05) is 46.3 Å². The Kier molecular flexibility index (Phi) is 11.9. The van der Waals surface area contributed by atoms with Crippen LogP contribution in [-0.2, 0) is 0 Å². The first-order valence-corrected chi connectivity index (χ1v) is 10.6. The molecular weight excluding hydrogens is 338 g/mol. The molecule has 0 aliphatic heterocycles. The van der Waals surface area contributed by atoms with Gasteiger partial charge < -0.3 is 20.0 Å². The Balaban J connectivity index is 2.51. The van der Waals surface area contributed by atoms with E-state index >= 15 is 0 Å². The summed E-state index contributed by atoms with van der Waals surface area (Å²) in [4.78, 5) is 9.27. The molecule has 2 N–H and O–H groups in total. The van der Waals surface area contributed by atoms with Crippen molar-refractivity contribution in [3.8, 4) is 0 Å². The molecule has 1 aromatic rings. The van der Waals surface area contributed by atoms with Crippen molar-refractivity contribution in [3.63, 3.8) is 0 Å². The van der Waals surface area contributed by atoms with Crippen molar-refractivity contribution in [1.82, 2.24) is 20.4 Å². The molecule has 0 saturated carbocycles. The Morgan fingerprint density at radius 1 is 1.15 bits per heavy atom. The van der Waals surface area contributed by atoms with Gasteiger partial charge in [-0.2, -0.15) is 0 Å². The molecule has 0 bridgehead atoms. The van der Waals surface area contributed by atoms with Crippen LogP contribution in [0.5, 0.6) is 0 Å². The third-order valence-corrected chi connectivity index (χ3v) is 5.20. The Labute approximate surface area is 166 Å². The van der Waals surface area contributed by atoms with E-state index in [9.17, 15) is 0 Å². The molecule has 156 valence electrons. The molecule has 1 heterocycles. The maximum Gasteiger partial charge on any atom is 0.191 e. The summed E-state index contributed by atoms with van der Waals surface area (Å²) in [5.41, 5.74) is 0. The van der Waals surface area contributed by atoms with Crippen molar-refractivity contribution in [3.05, 3.63) is 24.2 Å². The zero-order valence-corrected chi connectivity index (χ0v) is 18.3. The number of nitrogens with one attached hydrogen (secondary N) is 2. The highest BCUT2D eigenvalue weighted by Crippen LogP contribution is 2.20. The van der Waals surface area contributed by atoms with E-state index in [2.05, 4.69) is 66.1 Å². The first kappa shape index (κ1) is 23.5. The van der Waals surface area contributed by atoms with E-state index in [1.807, 2.05) is 13.1 Å². The normalized spacial score (nSPS) is 14.6. The molecule has 27 heavy (non-hydrogen) atoms. The molecule has 0 aromatic carbocycles. The van der Waals surface area contributed by atoms with Crippen molar-refractivity contribution < 1.29 is 4.42 Å². The molecule has 2 atom stereocenters. The lowest BCUT2D eigenvalue weighted by molar-refractivity contribution is 0.193. The van der Waals surface area contributed by atoms with Gasteiger partial charge in [-0.1, -0.05) is 27.7 Å². The summed E-state index contributed by atoms with van der Waals surface area (Å²) in [6.45, 7) is 17.2. The summed E-state index contributed by atoms with van der Waals surface area (Å²) in [6, 6.07) is 4.60. The first-order valence-electron chi connectivity index (χ1n) is 10.6. The lowest BCUT2D eigenvalue weighted by Gasteiger charge is -2.29. The Morgan fingerprint density at radius 3 is 2.37 bits per heavy atom. The average Bonchev–Trinajstić information content (AvgIpc) is 3.21. The van der Waals surface area contributed by atoms with Crippen LogP contribution < -0.4 is 10.6 Å². The highest BCUT2D eigenvalue weighted by molar-refractivity contribution is 5.79. The van der Waals surface area contributed by atoms with Crippen LogP contribution in [0.4, 0.5) is 0 Å². The van der Waals surface area contributed by atoms with Gasteiger partial charge in [0.2, 0.25) is 0 Å². The largest absolute Gasteiger partial charge is 0.468 e. The summed E-state index contributed by atoms with van der Waals surface area (Å²) in [7, 11) is 1.83. The standard InChI is InChI=1S/C21H41N5O/c1-7-25(8-2)15-11-13-18(5)24-21(22-6)23-17-19(26(9-3)10-4)20-14-12-16-27-20/h12,14,16,18-19H,7-11,13,15,17H2,1-6H3,(H2,22,23,24). The molecule has 0 radical (unpaired) electrons. The van der Waals surface area contributed by atoms with Crippen LogP contribution in [0.1, 0.15) is 59.3 Å². The molecule has 0 aliphatic rings. The zero-order valence-electron chi connectivity index (χ0n) is 18.3. The van der Waals surface area contributed by atoms with Crippen LogP contribution >= 0.6 is 0 Å². The minimum atomic E-state index is 0.200. The van der Waals surface area contributed by atoms with Gasteiger partial charge >= 0.3 is 0 Å². The highest BCUT2D eigenvalue weighted by Gasteiger charge is 2.21. The van der Waals surface area contributed by atoms with Crippen molar-refractivity contribution in [2.45, 2.75) is 59.5 Å². The van der Waals surface area contributed by atoms with Gasteiger partial charge in [0.05, 0.1) is 12.3 Å². The number of hydrogen-bond donors (Lipinski definition) is 2. The molecule has 6 nitrogen and oxygen atoms in total. The smallest absolute Gasteiger partial charge is 0.191 e. The fourth-order valence-corrected chi connectivity index (χ4v) is 3.41. The SMILES string of the molecule is CCN(CC)CCCC(C)NC(=NC)NCC(c1ccco1)N(CC)CC. The van der Waals surface area contributed by atoms with Crippen LogP contribution in [0.25, 0.3) is 0 Å². The predicted molar refractivity (Wildman–Crippen MR) is 115 cm³/mol. The number of furan rings is 1. The van der Waals surface area contributed by atoms with Crippen LogP contribution in [0.3, 0.4) is 0 Å². The molecule has 0 spiro atoms. The van der Waals surface area contributed by atoms with Gasteiger partial charge in [0.25, 0.3) is 0 Å². The van der Waals surface area contributed by atoms with Gasteiger partial charge in [0.15, 0.2) is 5.96 Å². The number of hydrogen-bond acceptors (Lipinski definition) is 4. The summed E-state index contributed by atoms with van der Waals surface area (Å²) in [5, 5.41) is 7.01. The van der Waals surface area contributed by atoms with Crippen molar-refractivity contribution in [1.29, 1.82) is 0 Å². The van der Waals surface area contributed by atoms with Crippen LogP contribution in [0.15, 0.2) is 27.8 Å². The van der Waals surface area contributed by atoms with Gasteiger partial charge in [-0.25, -0.2) is 0 Å². The van der Waals surface area contributed by atoms with E-state index in [1.54, 1.807) is 6.26 Å². The van der Waals surface area contributed by atoms with Gasteiger partial charge in [-0.3, -0.25) is 9.89 Å². The summed E-state index contributed by atoms with van der Waals surface area (Å²) >= 11 is 0. The lowest BCUT2D eigenvalue weighted by atomic mass is 10.1. The van der Waals surface area contributed by atoms with Crippen LogP contribution in [-0.4, -0.2) is 68.1 Å². The quantitative estimate of drug-likeness (QED) is 0.407. The number of likely N-dealkylation sites (N-methyl/N-ethyl adjacent to an activating group) is 1. The molecule has 1 aromatic heterocycles. The van der Waals surface area contributed by atoms with E-state index in [-0.39, 0.29) is 6.04 Å². The predicted octanol–water partition coefficient (Wildman–Crippen LogP) is 3.34. The van der Waals surface area contributed by atoms with Crippen LogP contribution in [0.2, 0.25) is 0 Å². The third kappa shape index (κ3) is 8.35. The van der Waals surface area contributed by atoms with E-state index in [4.69, 9.17) is 4.42 Å². The number of rotatable bonds is 13. The summed E-state index contributed by atoms with van der Waals surface area (Å²) in [5.74, 6) is 1.85. The molecule has 0 saturated heterocycles. The molecule has 0 amide bonds. The molecule has 1 rings (SSSR count). The maximum absolute atomic E-state index is 5.68. The molecule has 0 fully saturated rings. The molecule has 2 unspecified atom stereocenters. The molecule has 0 aliphatic carbocycles. The highest BCUT2D eigenvalue weighted by atomic mass is 16.3. The number of guanidine groups is 1. The summed E-state index contributed by atoms with van der Waals surface area (Å²) in [6.07, 6.45) is 4.08. The fourth-order valence-electron chi connectivity index (χ4n) is 3.41. The van der Waals surface area contributed by atoms with Crippen LogP contribution in [0, 0.1) is 0 Å². The monoisotopic (exact) mass is 379 g/mol. The second-order valence-corrected chi connectivity index (χ2v) is 6.92. The zero-order chi connectivity index (χ0) is 20.1. The topological polar surface area (TPSA) is 56.0 Å². The average molecular weight is 380 g/mol. The molecule has 6 heteroatoms. The lowest BCUT2D eigenvalue weighted by Crippen LogP contribution is -2.46. The second kappa shape index (κ2) is 13.6. The minimum absolute atomic E-state index is 0.200. The first-order chi connectivity index (χ1) is 13.1.